The van der Waals surface area contributed by atoms with Gasteiger partial charge in [-0.25, -0.2) is 4.79 Å². The highest BCUT2D eigenvalue weighted by Crippen LogP contribution is 2.48. The summed E-state index contributed by atoms with van der Waals surface area (Å²) in [6, 6.07) is 1.26. The van der Waals surface area contributed by atoms with Gasteiger partial charge in [0.1, 0.15) is 12.3 Å². The zero-order valence-electron chi connectivity index (χ0n) is 15.4. The van der Waals surface area contributed by atoms with Gasteiger partial charge in [-0.2, -0.15) is 0 Å². The number of aromatic nitrogens is 2. The number of aromatic amines is 1. The Balaban J connectivity index is 2.38. The first-order chi connectivity index (χ1) is 10.8. The SMILES string of the molecule is CC1(C)C(O[Si](C)(C)C(C)(C)C)[C@H](O)O[C@H]1n1ccc(=O)[nH]c1=O. The lowest BCUT2D eigenvalue weighted by atomic mass is 9.86. The van der Waals surface area contributed by atoms with Gasteiger partial charge in [0.25, 0.3) is 5.56 Å². The van der Waals surface area contributed by atoms with E-state index in [1.807, 2.05) is 13.8 Å². The summed E-state index contributed by atoms with van der Waals surface area (Å²) < 4.78 is 13.3. The molecule has 7 nitrogen and oxygen atoms in total. The Labute approximate surface area is 142 Å². The summed E-state index contributed by atoms with van der Waals surface area (Å²) in [7, 11) is -2.14. The molecule has 3 atom stereocenters. The quantitative estimate of drug-likeness (QED) is 0.806. The minimum atomic E-state index is -2.14. The van der Waals surface area contributed by atoms with E-state index in [4.69, 9.17) is 9.16 Å². The zero-order valence-corrected chi connectivity index (χ0v) is 16.4. The van der Waals surface area contributed by atoms with Gasteiger partial charge in [-0.15, -0.1) is 0 Å². The van der Waals surface area contributed by atoms with Gasteiger partial charge in [0.15, 0.2) is 14.6 Å². The van der Waals surface area contributed by atoms with E-state index in [0.29, 0.717) is 0 Å². The van der Waals surface area contributed by atoms with Crippen molar-refractivity contribution in [3.05, 3.63) is 33.1 Å². The van der Waals surface area contributed by atoms with E-state index < -0.39 is 43.6 Å². The van der Waals surface area contributed by atoms with Crippen molar-refractivity contribution in [2.45, 2.75) is 71.4 Å². The third-order valence-electron chi connectivity index (χ3n) is 5.23. The van der Waals surface area contributed by atoms with Crippen molar-refractivity contribution in [1.82, 2.24) is 9.55 Å². The summed E-state index contributed by atoms with van der Waals surface area (Å²) in [6.45, 7) is 14.4. The van der Waals surface area contributed by atoms with Crippen molar-refractivity contribution in [2.24, 2.45) is 5.41 Å². The molecule has 2 heterocycles. The van der Waals surface area contributed by atoms with Crippen LogP contribution in [0, 0.1) is 5.41 Å². The fourth-order valence-corrected chi connectivity index (χ4v) is 4.04. The molecule has 1 unspecified atom stereocenters. The number of hydrogen-bond donors (Lipinski definition) is 2. The van der Waals surface area contributed by atoms with Crippen LogP contribution in [0.2, 0.25) is 18.1 Å². The van der Waals surface area contributed by atoms with Crippen LogP contribution in [-0.4, -0.2) is 35.4 Å². The Bertz CT molecular complexity index is 716. The van der Waals surface area contributed by atoms with E-state index in [2.05, 4.69) is 38.8 Å². The van der Waals surface area contributed by atoms with Gasteiger partial charge in [-0.1, -0.05) is 34.6 Å². The van der Waals surface area contributed by atoms with Crippen LogP contribution in [0.3, 0.4) is 0 Å². The van der Waals surface area contributed by atoms with Crippen LogP contribution in [0.15, 0.2) is 21.9 Å². The number of rotatable bonds is 3. The smallest absolute Gasteiger partial charge is 0.330 e. The molecule has 0 bridgehead atoms. The predicted molar refractivity (Wildman–Crippen MR) is 93.3 cm³/mol. The second-order valence-corrected chi connectivity index (χ2v) is 13.3. The molecular formula is C16H28N2O5Si. The molecule has 1 fully saturated rings. The van der Waals surface area contributed by atoms with E-state index in [0.717, 1.165) is 0 Å². The molecule has 24 heavy (non-hydrogen) atoms. The summed E-state index contributed by atoms with van der Waals surface area (Å²) in [5.41, 5.74) is -1.70. The maximum atomic E-state index is 12.1. The summed E-state index contributed by atoms with van der Waals surface area (Å²) in [5.74, 6) is 0. The van der Waals surface area contributed by atoms with Crippen LogP contribution in [0.4, 0.5) is 0 Å². The van der Waals surface area contributed by atoms with Crippen LogP contribution in [0.1, 0.15) is 40.8 Å². The maximum Gasteiger partial charge on any atom is 0.330 e. The lowest BCUT2D eigenvalue weighted by Gasteiger charge is -2.42. The first kappa shape index (κ1) is 19.1. The van der Waals surface area contributed by atoms with Crippen molar-refractivity contribution in [3.63, 3.8) is 0 Å². The van der Waals surface area contributed by atoms with Crippen molar-refractivity contribution < 1.29 is 14.3 Å². The number of H-pyrrole nitrogens is 1. The normalized spacial score (nSPS) is 27.4. The lowest BCUT2D eigenvalue weighted by molar-refractivity contribution is -0.140. The van der Waals surface area contributed by atoms with E-state index in [1.54, 1.807) is 0 Å². The van der Waals surface area contributed by atoms with Gasteiger partial charge >= 0.3 is 5.69 Å². The maximum absolute atomic E-state index is 12.1. The molecule has 0 amide bonds. The molecule has 2 N–H and O–H groups in total. The van der Waals surface area contributed by atoms with Crippen molar-refractivity contribution in [1.29, 1.82) is 0 Å². The summed E-state index contributed by atoms with van der Waals surface area (Å²) in [6.07, 6.45) is -1.05. The monoisotopic (exact) mass is 356 g/mol. The minimum absolute atomic E-state index is 0.0181. The molecule has 1 aliphatic heterocycles. The zero-order chi connectivity index (χ0) is 18.5. The Morgan fingerprint density at radius 3 is 2.42 bits per heavy atom. The molecule has 0 aliphatic carbocycles. The molecule has 1 aliphatic rings. The number of ether oxygens (including phenoxy) is 1. The van der Waals surface area contributed by atoms with Gasteiger partial charge in [0.05, 0.1) is 0 Å². The molecule has 1 aromatic heterocycles. The molecule has 0 aromatic carbocycles. The van der Waals surface area contributed by atoms with Gasteiger partial charge in [0.2, 0.25) is 0 Å². The molecule has 8 heteroatoms. The van der Waals surface area contributed by atoms with Crippen molar-refractivity contribution in [3.8, 4) is 0 Å². The van der Waals surface area contributed by atoms with Gasteiger partial charge in [-0.3, -0.25) is 14.3 Å². The fraction of sp³-hybridized carbons (Fsp3) is 0.750. The Morgan fingerprint density at radius 1 is 1.33 bits per heavy atom. The number of nitrogens with one attached hydrogen (secondary N) is 1. The van der Waals surface area contributed by atoms with E-state index in [9.17, 15) is 14.7 Å². The molecule has 0 spiro atoms. The summed E-state index contributed by atoms with van der Waals surface area (Å²) in [4.78, 5) is 25.6. The average molecular weight is 356 g/mol. The van der Waals surface area contributed by atoms with Crippen LogP contribution >= 0.6 is 0 Å². The highest BCUT2D eigenvalue weighted by atomic mass is 28.4. The van der Waals surface area contributed by atoms with Crippen LogP contribution in [-0.2, 0) is 9.16 Å². The van der Waals surface area contributed by atoms with E-state index in [1.165, 1.54) is 16.8 Å². The van der Waals surface area contributed by atoms with E-state index in [-0.39, 0.29) is 5.04 Å². The van der Waals surface area contributed by atoms with E-state index >= 15 is 0 Å². The van der Waals surface area contributed by atoms with Crippen LogP contribution in [0.25, 0.3) is 0 Å². The standard InChI is InChI=1S/C16H28N2O5Si/c1-15(2,3)24(6,7)23-11-12(20)22-13(16(11,4)5)18-9-8-10(19)17-14(18)21/h8-9,11-13,20H,1-7H3,(H,17,19,21)/t11?,12-,13-/m1/s1. The number of hydrogen-bond acceptors (Lipinski definition) is 5. The predicted octanol–water partition coefficient (Wildman–Crippen LogP) is 1.80. The highest BCUT2D eigenvalue weighted by Gasteiger charge is 2.55. The molecule has 0 saturated carbocycles. The van der Waals surface area contributed by atoms with Gasteiger partial charge in [-0.05, 0) is 18.1 Å². The Morgan fingerprint density at radius 2 is 1.92 bits per heavy atom. The van der Waals surface area contributed by atoms with Crippen LogP contribution in [0.5, 0.6) is 0 Å². The number of aliphatic hydroxyl groups is 1. The third kappa shape index (κ3) is 3.28. The first-order valence-corrected chi connectivity index (χ1v) is 11.0. The first-order valence-electron chi connectivity index (χ1n) is 8.10. The molecule has 1 saturated heterocycles. The highest BCUT2D eigenvalue weighted by molar-refractivity contribution is 6.74. The van der Waals surface area contributed by atoms with Gasteiger partial charge in [0, 0.05) is 17.7 Å². The largest absolute Gasteiger partial charge is 0.408 e. The fourth-order valence-electron chi connectivity index (χ4n) is 2.63. The van der Waals surface area contributed by atoms with Crippen molar-refractivity contribution >= 4 is 8.32 Å². The van der Waals surface area contributed by atoms with Crippen molar-refractivity contribution in [2.75, 3.05) is 0 Å². The second-order valence-electron chi connectivity index (χ2n) is 8.52. The molecular weight excluding hydrogens is 328 g/mol. The lowest BCUT2D eigenvalue weighted by Crippen LogP contribution is -2.50. The number of nitrogens with zero attached hydrogens (tertiary/aromatic N) is 1. The molecule has 136 valence electrons. The topological polar surface area (TPSA) is 93.5 Å². The van der Waals surface area contributed by atoms with Crippen LogP contribution < -0.4 is 11.2 Å². The van der Waals surface area contributed by atoms with Gasteiger partial charge < -0.3 is 14.3 Å². The summed E-state index contributed by atoms with van der Waals surface area (Å²) >= 11 is 0. The minimum Gasteiger partial charge on any atom is -0.408 e. The Kier molecular flexibility index (Phi) is 4.73. The molecule has 1 aromatic rings. The second kappa shape index (κ2) is 5.94. The molecule has 2 rings (SSSR count). The summed E-state index contributed by atoms with van der Waals surface area (Å²) in [5, 5.41) is 10.4. The Hall–Kier alpha value is -1.22. The average Bonchev–Trinajstić information content (AvgIpc) is 2.61. The molecule has 0 radical (unpaired) electrons. The third-order valence-corrected chi connectivity index (χ3v) is 9.68. The number of aliphatic hydroxyl groups excluding tert-OH is 1.